The molecule has 3 aliphatic rings. The zero-order valence-electron chi connectivity index (χ0n) is 13.5. The molecule has 23 heavy (non-hydrogen) atoms. The van der Waals surface area contributed by atoms with Gasteiger partial charge in [0.2, 0.25) is 0 Å². The largest absolute Gasteiger partial charge is 0.396 e. The van der Waals surface area contributed by atoms with Gasteiger partial charge in [-0.2, -0.15) is 0 Å². The Bertz CT molecular complexity index is 586. The molecule has 6 heteroatoms. The molecule has 5 nitrogen and oxygen atoms in total. The fourth-order valence-corrected chi connectivity index (χ4v) is 5.50. The molecule has 126 valence electrons. The Morgan fingerprint density at radius 3 is 2.83 bits per heavy atom. The van der Waals surface area contributed by atoms with Gasteiger partial charge < -0.3 is 15.7 Å². The van der Waals surface area contributed by atoms with Gasteiger partial charge in [0.15, 0.2) is 0 Å². The molecule has 0 aliphatic heterocycles. The van der Waals surface area contributed by atoms with Crippen LogP contribution in [0.5, 0.6) is 0 Å². The average molecular weight is 335 g/mol. The number of aliphatic hydroxyl groups is 1. The first-order valence-electron chi connectivity index (χ1n) is 8.75. The number of hydrogen-bond donors (Lipinski definition) is 3. The number of hydrogen-bond acceptors (Lipinski definition) is 4. The van der Waals surface area contributed by atoms with Gasteiger partial charge in [-0.25, -0.2) is 9.78 Å². The highest BCUT2D eigenvalue weighted by atomic mass is 32.1. The third-order valence-electron chi connectivity index (χ3n) is 5.88. The van der Waals surface area contributed by atoms with Crippen LogP contribution in [0.2, 0.25) is 0 Å². The Balaban J connectivity index is 1.40. The van der Waals surface area contributed by atoms with Gasteiger partial charge in [-0.3, -0.25) is 0 Å². The van der Waals surface area contributed by atoms with Gasteiger partial charge >= 0.3 is 6.03 Å². The number of nitrogens with one attached hydrogen (secondary N) is 2. The molecule has 2 amide bonds. The monoisotopic (exact) mass is 335 g/mol. The van der Waals surface area contributed by atoms with Crippen LogP contribution in [0.3, 0.4) is 0 Å². The van der Waals surface area contributed by atoms with E-state index in [1.807, 2.05) is 12.3 Å². The van der Waals surface area contributed by atoms with Crippen molar-refractivity contribution in [3.8, 4) is 0 Å². The molecule has 3 saturated carbocycles. The first-order valence-corrected chi connectivity index (χ1v) is 9.63. The van der Waals surface area contributed by atoms with Crippen molar-refractivity contribution >= 4 is 17.4 Å². The minimum atomic E-state index is -0.0919. The molecule has 3 N–H and O–H groups in total. The standard InChI is InChI=1S/C17H25N3O2S/c1-9-8-23-16(18-9)15(10-2-3-10)20-17(22)19-14-12-5-4-11(6-12)13(14)7-21/h8,10-15,21H,2-7H2,1H3,(H2,19,20,22). The van der Waals surface area contributed by atoms with Gasteiger partial charge in [0.05, 0.1) is 6.04 Å². The van der Waals surface area contributed by atoms with E-state index in [-0.39, 0.29) is 30.6 Å². The first kappa shape index (κ1) is 15.4. The van der Waals surface area contributed by atoms with Crippen LogP contribution in [-0.4, -0.2) is 28.8 Å². The summed E-state index contributed by atoms with van der Waals surface area (Å²) >= 11 is 1.63. The quantitative estimate of drug-likeness (QED) is 0.774. The van der Waals surface area contributed by atoms with Crippen LogP contribution in [0.1, 0.15) is 48.8 Å². The van der Waals surface area contributed by atoms with Gasteiger partial charge in [-0.1, -0.05) is 0 Å². The van der Waals surface area contributed by atoms with Gasteiger partial charge in [0, 0.05) is 29.6 Å². The van der Waals surface area contributed by atoms with Crippen LogP contribution in [-0.2, 0) is 0 Å². The number of fused-ring (bicyclic) bond motifs is 2. The molecular formula is C17H25N3O2S. The third-order valence-corrected chi connectivity index (χ3v) is 6.93. The summed E-state index contributed by atoms with van der Waals surface area (Å²) in [6.07, 6.45) is 5.88. The van der Waals surface area contributed by atoms with Crippen molar-refractivity contribution in [3.05, 3.63) is 16.1 Å². The van der Waals surface area contributed by atoms with Crippen molar-refractivity contribution in [3.63, 3.8) is 0 Å². The van der Waals surface area contributed by atoms with E-state index in [1.165, 1.54) is 12.8 Å². The Hall–Kier alpha value is -1.14. The molecule has 0 spiro atoms. The van der Waals surface area contributed by atoms with Crippen LogP contribution < -0.4 is 10.6 Å². The summed E-state index contributed by atoms with van der Waals surface area (Å²) in [7, 11) is 0. The van der Waals surface area contributed by atoms with Crippen molar-refractivity contribution in [1.82, 2.24) is 15.6 Å². The van der Waals surface area contributed by atoms with Crippen LogP contribution >= 0.6 is 11.3 Å². The average Bonchev–Trinajstić information content (AvgIpc) is 2.96. The van der Waals surface area contributed by atoms with Crippen LogP contribution in [0.4, 0.5) is 4.79 Å². The maximum atomic E-state index is 12.5. The lowest BCUT2D eigenvalue weighted by molar-refractivity contribution is 0.143. The molecule has 1 heterocycles. The van der Waals surface area contributed by atoms with Crippen molar-refractivity contribution in [2.24, 2.45) is 23.7 Å². The summed E-state index contributed by atoms with van der Waals surface area (Å²) in [5.41, 5.74) is 1.02. The van der Waals surface area contributed by atoms with Crippen LogP contribution in [0, 0.1) is 30.6 Å². The molecule has 0 aromatic carbocycles. The van der Waals surface area contributed by atoms with E-state index in [0.29, 0.717) is 17.8 Å². The molecule has 3 aliphatic carbocycles. The highest BCUT2D eigenvalue weighted by Gasteiger charge is 2.48. The van der Waals surface area contributed by atoms with Gasteiger partial charge in [0.1, 0.15) is 5.01 Å². The summed E-state index contributed by atoms with van der Waals surface area (Å²) in [4.78, 5) is 17.1. The van der Waals surface area contributed by atoms with E-state index < -0.39 is 0 Å². The second-order valence-corrected chi connectivity index (χ2v) is 8.36. The molecule has 4 rings (SSSR count). The molecule has 1 aromatic rings. The normalized spacial score (nSPS) is 33.7. The predicted molar refractivity (Wildman–Crippen MR) is 89.2 cm³/mol. The molecule has 5 atom stereocenters. The topological polar surface area (TPSA) is 74.2 Å². The number of aromatic nitrogens is 1. The number of carbonyl (C=O) groups excluding carboxylic acids is 1. The second-order valence-electron chi connectivity index (χ2n) is 7.47. The first-order chi connectivity index (χ1) is 11.2. The zero-order valence-corrected chi connectivity index (χ0v) is 14.3. The number of aliphatic hydroxyl groups excluding tert-OH is 1. The zero-order chi connectivity index (χ0) is 16.0. The van der Waals surface area contributed by atoms with Crippen molar-refractivity contribution in [2.75, 3.05) is 6.61 Å². The Morgan fingerprint density at radius 1 is 1.39 bits per heavy atom. The summed E-state index contributed by atoms with van der Waals surface area (Å²) in [6, 6.07) is 0.0854. The van der Waals surface area contributed by atoms with E-state index in [0.717, 1.165) is 30.0 Å². The van der Waals surface area contributed by atoms with E-state index in [4.69, 9.17) is 0 Å². The summed E-state index contributed by atoms with van der Waals surface area (Å²) in [6.45, 7) is 2.18. The lowest BCUT2D eigenvalue weighted by Crippen LogP contribution is -2.50. The number of carbonyl (C=O) groups is 1. The molecule has 3 fully saturated rings. The smallest absolute Gasteiger partial charge is 0.315 e. The third kappa shape index (κ3) is 2.98. The predicted octanol–water partition coefficient (Wildman–Crippen LogP) is 2.61. The molecular weight excluding hydrogens is 310 g/mol. The maximum absolute atomic E-state index is 12.5. The molecule has 1 aromatic heterocycles. The molecule has 2 bridgehead atoms. The number of aryl methyl sites for hydroxylation is 1. The van der Waals surface area contributed by atoms with Gasteiger partial charge in [-0.15, -0.1) is 11.3 Å². The molecule has 0 saturated heterocycles. The van der Waals surface area contributed by atoms with E-state index in [1.54, 1.807) is 11.3 Å². The summed E-state index contributed by atoms with van der Waals surface area (Å²) in [5.74, 6) is 1.90. The number of amides is 2. The maximum Gasteiger partial charge on any atom is 0.315 e. The Morgan fingerprint density at radius 2 is 2.17 bits per heavy atom. The lowest BCUT2D eigenvalue weighted by atomic mass is 9.85. The second kappa shape index (κ2) is 6.06. The molecule has 5 unspecified atom stereocenters. The van der Waals surface area contributed by atoms with Crippen LogP contribution in [0.25, 0.3) is 0 Å². The lowest BCUT2D eigenvalue weighted by Gasteiger charge is -2.31. The highest BCUT2D eigenvalue weighted by molar-refractivity contribution is 7.09. The Kier molecular flexibility index (Phi) is 4.05. The number of rotatable bonds is 5. The van der Waals surface area contributed by atoms with Crippen molar-refractivity contribution < 1.29 is 9.90 Å². The SMILES string of the molecule is Cc1csc(C(NC(=O)NC2C3CCC(C3)C2CO)C2CC2)n1. The van der Waals surface area contributed by atoms with Crippen molar-refractivity contribution in [2.45, 2.75) is 51.1 Å². The van der Waals surface area contributed by atoms with Crippen LogP contribution in [0.15, 0.2) is 5.38 Å². The fraction of sp³-hybridized carbons (Fsp3) is 0.765. The number of urea groups is 1. The van der Waals surface area contributed by atoms with Gasteiger partial charge in [-0.05, 0) is 56.8 Å². The van der Waals surface area contributed by atoms with Crippen molar-refractivity contribution in [1.29, 1.82) is 0 Å². The molecule has 0 radical (unpaired) electrons. The van der Waals surface area contributed by atoms with E-state index in [9.17, 15) is 9.90 Å². The van der Waals surface area contributed by atoms with Gasteiger partial charge in [0.25, 0.3) is 0 Å². The fourth-order valence-electron chi connectivity index (χ4n) is 4.56. The minimum absolute atomic E-state index is 0.0415. The number of nitrogens with zero attached hydrogens (tertiary/aromatic N) is 1. The summed E-state index contributed by atoms with van der Waals surface area (Å²) < 4.78 is 0. The summed E-state index contributed by atoms with van der Waals surface area (Å²) in [5, 5.41) is 19.0. The Labute approximate surface area is 140 Å². The van der Waals surface area contributed by atoms with E-state index in [2.05, 4.69) is 15.6 Å². The highest BCUT2D eigenvalue weighted by Crippen LogP contribution is 2.48. The number of thiazole rings is 1. The minimum Gasteiger partial charge on any atom is -0.396 e. The van der Waals surface area contributed by atoms with E-state index >= 15 is 0 Å².